The van der Waals surface area contributed by atoms with Crippen LogP contribution in [0.4, 0.5) is 5.69 Å². The SMILES string of the molecule is CCN1C(=O)C=C(Nc2ccc(C(C)=O)cc2)C1=O. The third-order valence-electron chi connectivity index (χ3n) is 2.90. The number of likely N-dealkylation sites (N-methyl/N-ethyl adjacent to an activating group) is 1. The van der Waals surface area contributed by atoms with Crippen LogP contribution in [0.5, 0.6) is 0 Å². The number of rotatable bonds is 4. The van der Waals surface area contributed by atoms with E-state index in [2.05, 4.69) is 5.32 Å². The molecule has 0 aliphatic carbocycles. The average molecular weight is 258 g/mol. The number of anilines is 1. The van der Waals surface area contributed by atoms with Crippen LogP contribution >= 0.6 is 0 Å². The Labute approximate surface area is 110 Å². The van der Waals surface area contributed by atoms with Crippen molar-refractivity contribution in [2.75, 3.05) is 11.9 Å². The monoisotopic (exact) mass is 258 g/mol. The summed E-state index contributed by atoms with van der Waals surface area (Å²) in [5.41, 5.74) is 1.52. The number of hydrogen-bond donors (Lipinski definition) is 1. The zero-order valence-electron chi connectivity index (χ0n) is 10.8. The lowest BCUT2D eigenvalue weighted by atomic mass is 10.1. The molecule has 0 radical (unpaired) electrons. The topological polar surface area (TPSA) is 66.5 Å². The second-order valence-electron chi connectivity index (χ2n) is 4.20. The number of nitrogens with one attached hydrogen (secondary N) is 1. The summed E-state index contributed by atoms with van der Waals surface area (Å²) >= 11 is 0. The van der Waals surface area contributed by atoms with E-state index in [9.17, 15) is 14.4 Å². The number of ketones is 1. The van der Waals surface area contributed by atoms with Crippen molar-refractivity contribution in [3.8, 4) is 0 Å². The maximum atomic E-state index is 11.8. The van der Waals surface area contributed by atoms with Crippen LogP contribution in [0, 0.1) is 0 Å². The first kappa shape index (κ1) is 13.0. The van der Waals surface area contributed by atoms with Gasteiger partial charge in [0.2, 0.25) is 0 Å². The Morgan fingerprint density at radius 2 is 1.84 bits per heavy atom. The number of Topliss-reactive ketones (excluding diaryl/α,β-unsaturated/α-hetero) is 1. The summed E-state index contributed by atoms with van der Waals surface area (Å²) < 4.78 is 0. The molecule has 0 spiro atoms. The standard InChI is InChI=1S/C14H14N2O3/c1-3-16-13(18)8-12(14(16)19)15-11-6-4-10(5-7-11)9(2)17/h4-8,15H,3H2,1-2H3. The Balaban J connectivity index is 2.14. The van der Waals surface area contributed by atoms with E-state index in [-0.39, 0.29) is 23.3 Å². The smallest absolute Gasteiger partial charge is 0.277 e. The van der Waals surface area contributed by atoms with Gasteiger partial charge >= 0.3 is 0 Å². The molecular weight excluding hydrogens is 244 g/mol. The van der Waals surface area contributed by atoms with Gasteiger partial charge in [-0.25, -0.2) is 0 Å². The molecule has 5 nitrogen and oxygen atoms in total. The van der Waals surface area contributed by atoms with Gasteiger partial charge < -0.3 is 5.32 Å². The van der Waals surface area contributed by atoms with E-state index < -0.39 is 0 Å². The highest BCUT2D eigenvalue weighted by atomic mass is 16.2. The average Bonchev–Trinajstić information content (AvgIpc) is 2.64. The van der Waals surface area contributed by atoms with E-state index in [4.69, 9.17) is 0 Å². The molecule has 0 aromatic heterocycles. The second kappa shape index (κ2) is 5.06. The molecule has 5 heteroatoms. The lowest BCUT2D eigenvalue weighted by Crippen LogP contribution is -2.31. The number of benzene rings is 1. The molecule has 19 heavy (non-hydrogen) atoms. The molecule has 0 saturated carbocycles. The molecule has 0 bridgehead atoms. The fourth-order valence-electron chi connectivity index (χ4n) is 1.84. The van der Waals surface area contributed by atoms with Crippen LogP contribution in [-0.4, -0.2) is 29.0 Å². The lowest BCUT2D eigenvalue weighted by molar-refractivity contribution is -0.136. The molecular formula is C14H14N2O3. The summed E-state index contributed by atoms with van der Waals surface area (Å²) in [5.74, 6) is -0.659. The minimum absolute atomic E-state index is 0.0185. The highest BCUT2D eigenvalue weighted by Gasteiger charge is 2.29. The summed E-state index contributed by atoms with van der Waals surface area (Å²) in [7, 11) is 0. The molecule has 1 aliphatic rings. The Morgan fingerprint density at radius 1 is 1.21 bits per heavy atom. The van der Waals surface area contributed by atoms with Crippen LogP contribution < -0.4 is 5.32 Å². The van der Waals surface area contributed by atoms with Crippen molar-refractivity contribution in [1.82, 2.24) is 4.90 Å². The molecule has 1 aromatic rings. The van der Waals surface area contributed by atoms with Gasteiger partial charge in [-0.05, 0) is 38.1 Å². The molecule has 1 aliphatic heterocycles. The van der Waals surface area contributed by atoms with Gasteiger partial charge in [0.15, 0.2) is 5.78 Å². The van der Waals surface area contributed by atoms with Crippen LogP contribution in [0.3, 0.4) is 0 Å². The van der Waals surface area contributed by atoms with Crippen LogP contribution in [0.15, 0.2) is 36.0 Å². The van der Waals surface area contributed by atoms with Crippen LogP contribution in [-0.2, 0) is 9.59 Å². The molecule has 2 amide bonds. The third-order valence-corrected chi connectivity index (χ3v) is 2.90. The molecule has 1 aromatic carbocycles. The van der Waals surface area contributed by atoms with Gasteiger partial charge in [0.05, 0.1) is 0 Å². The van der Waals surface area contributed by atoms with E-state index >= 15 is 0 Å². The first-order valence-electron chi connectivity index (χ1n) is 5.98. The number of nitrogens with zero attached hydrogens (tertiary/aromatic N) is 1. The van der Waals surface area contributed by atoms with Gasteiger partial charge in [-0.3, -0.25) is 19.3 Å². The molecule has 2 rings (SSSR count). The zero-order chi connectivity index (χ0) is 14.0. The molecule has 0 atom stereocenters. The summed E-state index contributed by atoms with van der Waals surface area (Å²) in [5, 5.41) is 2.89. The Kier molecular flexibility index (Phi) is 3.46. The quantitative estimate of drug-likeness (QED) is 0.657. The van der Waals surface area contributed by atoms with Crippen molar-refractivity contribution >= 4 is 23.3 Å². The maximum absolute atomic E-state index is 11.8. The second-order valence-corrected chi connectivity index (χ2v) is 4.20. The first-order chi connectivity index (χ1) is 9.02. The normalized spacial score (nSPS) is 14.6. The summed E-state index contributed by atoms with van der Waals surface area (Å²) in [6.45, 7) is 3.58. The van der Waals surface area contributed by atoms with Crippen molar-refractivity contribution < 1.29 is 14.4 Å². The van der Waals surface area contributed by atoms with Gasteiger partial charge in [0, 0.05) is 23.9 Å². The number of hydrogen-bond acceptors (Lipinski definition) is 4. The number of imide groups is 1. The number of carbonyl (C=O) groups excluding carboxylic acids is 3. The predicted molar refractivity (Wildman–Crippen MR) is 70.5 cm³/mol. The number of carbonyl (C=O) groups is 3. The minimum Gasteiger partial charge on any atom is -0.351 e. The van der Waals surface area contributed by atoms with E-state index in [1.165, 1.54) is 13.0 Å². The molecule has 1 N–H and O–H groups in total. The van der Waals surface area contributed by atoms with E-state index in [0.29, 0.717) is 17.8 Å². The molecule has 0 fully saturated rings. The van der Waals surface area contributed by atoms with Crippen LogP contribution in [0.2, 0.25) is 0 Å². The van der Waals surface area contributed by atoms with Gasteiger partial charge in [0.1, 0.15) is 5.70 Å². The maximum Gasteiger partial charge on any atom is 0.277 e. The predicted octanol–water partition coefficient (Wildman–Crippen LogP) is 1.57. The van der Waals surface area contributed by atoms with E-state index in [1.54, 1.807) is 31.2 Å². The largest absolute Gasteiger partial charge is 0.351 e. The van der Waals surface area contributed by atoms with E-state index in [0.717, 1.165) is 4.90 Å². The van der Waals surface area contributed by atoms with Gasteiger partial charge in [-0.1, -0.05) is 0 Å². The van der Waals surface area contributed by atoms with Gasteiger partial charge in [0.25, 0.3) is 11.8 Å². The van der Waals surface area contributed by atoms with Crippen molar-refractivity contribution in [2.45, 2.75) is 13.8 Å². The molecule has 0 unspecified atom stereocenters. The molecule has 1 heterocycles. The van der Waals surface area contributed by atoms with Crippen molar-refractivity contribution in [2.24, 2.45) is 0 Å². The fourth-order valence-corrected chi connectivity index (χ4v) is 1.84. The highest BCUT2D eigenvalue weighted by Crippen LogP contribution is 2.17. The van der Waals surface area contributed by atoms with Crippen molar-refractivity contribution in [3.05, 3.63) is 41.6 Å². The third kappa shape index (κ3) is 2.54. The van der Waals surface area contributed by atoms with Gasteiger partial charge in [-0.15, -0.1) is 0 Å². The zero-order valence-corrected chi connectivity index (χ0v) is 10.8. The van der Waals surface area contributed by atoms with Crippen molar-refractivity contribution in [3.63, 3.8) is 0 Å². The fraction of sp³-hybridized carbons (Fsp3) is 0.214. The lowest BCUT2D eigenvalue weighted by Gasteiger charge is -2.12. The summed E-state index contributed by atoms with van der Waals surface area (Å²) in [6.07, 6.45) is 1.28. The Morgan fingerprint density at radius 3 is 2.32 bits per heavy atom. The summed E-state index contributed by atoms with van der Waals surface area (Å²) in [6, 6.07) is 6.74. The minimum atomic E-state index is -0.330. The van der Waals surface area contributed by atoms with Gasteiger partial charge in [-0.2, -0.15) is 0 Å². The molecule has 98 valence electrons. The summed E-state index contributed by atoms with van der Waals surface area (Å²) in [4.78, 5) is 35.7. The van der Waals surface area contributed by atoms with Crippen molar-refractivity contribution in [1.29, 1.82) is 0 Å². The number of amides is 2. The Hall–Kier alpha value is -2.43. The molecule has 0 saturated heterocycles. The van der Waals surface area contributed by atoms with E-state index in [1.807, 2.05) is 0 Å². The highest BCUT2D eigenvalue weighted by molar-refractivity contribution is 6.17. The van der Waals surface area contributed by atoms with Crippen LogP contribution in [0.1, 0.15) is 24.2 Å². The Bertz CT molecular complexity index is 573. The first-order valence-corrected chi connectivity index (χ1v) is 5.98. The van der Waals surface area contributed by atoms with Crippen LogP contribution in [0.25, 0.3) is 0 Å².